The Labute approximate surface area is 154 Å². The van der Waals surface area contributed by atoms with Crippen LogP contribution < -0.4 is 0 Å². The van der Waals surface area contributed by atoms with Gasteiger partial charge in [-0.15, -0.1) is 0 Å². The highest BCUT2D eigenvalue weighted by atomic mass is 16.6. The topological polar surface area (TPSA) is 38.8 Å². The van der Waals surface area contributed by atoms with Crippen molar-refractivity contribution in [3.05, 3.63) is 71.8 Å². The fourth-order valence-electron chi connectivity index (χ4n) is 4.17. The monoisotopic (exact) mass is 346 g/mol. The first-order valence-corrected chi connectivity index (χ1v) is 9.17. The van der Waals surface area contributed by atoms with Gasteiger partial charge in [-0.25, -0.2) is 4.79 Å². The van der Waals surface area contributed by atoms with Crippen LogP contribution in [0, 0.1) is 11.8 Å². The molecule has 2 aromatic carbocycles. The lowest BCUT2D eigenvalue weighted by atomic mass is 9.63. The number of ether oxygens (including phenoxy) is 2. The molecule has 1 heterocycles. The van der Waals surface area contributed by atoms with Crippen molar-refractivity contribution >= 4 is 5.97 Å². The Balaban J connectivity index is 1.63. The first-order chi connectivity index (χ1) is 12.7. The van der Waals surface area contributed by atoms with Gasteiger partial charge in [-0.3, -0.25) is 0 Å². The lowest BCUT2D eigenvalue weighted by Crippen LogP contribution is -2.37. The Bertz CT molecular complexity index is 808. The molecule has 3 heteroatoms. The summed E-state index contributed by atoms with van der Waals surface area (Å²) in [5.74, 6) is 5.18. The molecule has 1 saturated heterocycles. The van der Waals surface area contributed by atoms with Gasteiger partial charge >= 0.3 is 5.97 Å². The molecule has 0 amide bonds. The summed E-state index contributed by atoms with van der Waals surface area (Å²) in [6.45, 7) is 2.12. The summed E-state index contributed by atoms with van der Waals surface area (Å²) in [6.07, 6.45) is 2.68. The van der Waals surface area contributed by atoms with E-state index < -0.39 is 11.6 Å². The molecule has 0 radical (unpaired) electrons. The van der Waals surface area contributed by atoms with Gasteiger partial charge in [0.2, 0.25) is 0 Å². The molecule has 0 bridgehead atoms. The highest BCUT2D eigenvalue weighted by Crippen LogP contribution is 2.56. The number of epoxide rings is 1. The number of hydrogen-bond acceptors (Lipinski definition) is 3. The average molecular weight is 346 g/mol. The minimum Gasteiger partial charge on any atom is -0.456 e. The third kappa shape index (κ3) is 2.91. The molecular weight excluding hydrogens is 324 g/mol. The Hall–Kier alpha value is -2.57. The van der Waals surface area contributed by atoms with Gasteiger partial charge in [0.05, 0.1) is 6.61 Å². The van der Waals surface area contributed by atoms with Crippen molar-refractivity contribution in [2.24, 2.45) is 0 Å². The summed E-state index contributed by atoms with van der Waals surface area (Å²) in [5, 5.41) is 0. The van der Waals surface area contributed by atoms with Crippen LogP contribution in [0.4, 0.5) is 0 Å². The summed E-state index contributed by atoms with van der Waals surface area (Å²) < 4.78 is 10.9. The Morgan fingerprint density at radius 3 is 2.23 bits per heavy atom. The molecule has 0 unspecified atom stereocenters. The number of rotatable bonds is 3. The quantitative estimate of drug-likeness (QED) is 0.367. The minimum atomic E-state index is -0.473. The molecule has 2 aromatic rings. The summed E-state index contributed by atoms with van der Waals surface area (Å²) in [7, 11) is 0. The van der Waals surface area contributed by atoms with Crippen LogP contribution in [0.25, 0.3) is 0 Å². The molecule has 2 fully saturated rings. The van der Waals surface area contributed by atoms with E-state index in [2.05, 4.69) is 60.4 Å². The molecule has 26 heavy (non-hydrogen) atoms. The Morgan fingerprint density at radius 2 is 1.69 bits per heavy atom. The fraction of sp³-hybridized carbons (Fsp3) is 0.348. The second-order valence-electron chi connectivity index (χ2n) is 6.98. The van der Waals surface area contributed by atoms with Gasteiger partial charge < -0.3 is 9.47 Å². The smallest absolute Gasteiger partial charge is 0.384 e. The standard InChI is InChI=1S/C23H22O3/c1-2-25-21(24)13-14-23-16-15-22(17-20(23)26-23,18-9-5-3-6-10-18)19-11-7-4-8-12-19/h3-12,20H,2,15-17H2,1H3/t20-,23-/m1/s1. The van der Waals surface area contributed by atoms with Crippen LogP contribution in [-0.4, -0.2) is 24.3 Å². The maximum absolute atomic E-state index is 11.6. The summed E-state index contributed by atoms with van der Waals surface area (Å²) in [5.41, 5.74) is 2.08. The number of benzene rings is 2. The van der Waals surface area contributed by atoms with Gasteiger partial charge in [0.15, 0.2) is 5.60 Å². The minimum absolute atomic E-state index is 0.0542. The number of esters is 1. The molecule has 2 aliphatic rings. The third-order valence-corrected chi connectivity index (χ3v) is 5.58. The molecule has 1 aliphatic heterocycles. The molecule has 1 aliphatic carbocycles. The first-order valence-electron chi connectivity index (χ1n) is 9.17. The third-order valence-electron chi connectivity index (χ3n) is 5.58. The van der Waals surface area contributed by atoms with E-state index in [-0.39, 0.29) is 11.5 Å². The van der Waals surface area contributed by atoms with Crippen molar-refractivity contribution in [3.8, 4) is 11.8 Å². The molecule has 4 rings (SSSR count). The zero-order chi connectivity index (χ0) is 18.0. The van der Waals surface area contributed by atoms with Crippen molar-refractivity contribution in [1.29, 1.82) is 0 Å². The van der Waals surface area contributed by atoms with Crippen LogP contribution >= 0.6 is 0 Å². The molecule has 0 spiro atoms. The molecule has 132 valence electrons. The molecule has 1 saturated carbocycles. The summed E-state index contributed by atoms with van der Waals surface area (Å²) >= 11 is 0. The van der Waals surface area contributed by atoms with Gasteiger partial charge in [0.1, 0.15) is 6.10 Å². The number of carbonyl (C=O) groups excluding carboxylic acids is 1. The van der Waals surface area contributed by atoms with Crippen LogP contribution in [0.3, 0.4) is 0 Å². The Kier molecular flexibility index (Phi) is 4.30. The van der Waals surface area contributed by atoms with Crippen molar-refractivity contribution in [3.63, 3.8) is 0 Å². The van der Waals surface area contributed by atoms with E-state index in [9.17, 15) is 4.79 Å². The average Bonchev–Trinajstić information content (AvgIpc) is 3.41. The maximum Gasteiger partial charge on any atom is 0.384 e. The van der Waals surface area contributed by atoms with Gasteiger partial charge in [-0.1, -0.05) is 66.6 Å². The highest BCUT2D eigenvalue weighted by molar-refractivity contribution is 5.88. The molecular formula is C23H22O3. The van der Waals surface area contributed by atoms with E-state index in [1.165, 1.54) is 11.1 Å². The predicted octanol–water partition coefficient (Wildman–Crippen LogP) is 3.86. The maximum atomic E-state index is 11.6. The molecule has 0 aromatic heterocycles. The van der Waals surface area contributed by atoms with E-state index in [0.717, 1.165) is 19.3 Å². The van der Waals surface area contributed by atoms with Gasteiger partial charge in [0, 0.05) is 11.3 Å². The zero-order valence-electron chi connectivity index (χ0n) is 14.9. The zero-order valence-corrected chi connectivity index (χ0v) is 14.9. The van der Waals surface area contributed by atoms with E-state index in [4.69, 9.17) is 9.47 Å². The highest BCUT2D eigenvalue weighted by Gasteiger charge is 2.62. The number of fused-ring (bicyclic) bond motifs is 1. The van der Waals surface area contributed by atoms with Crippen molar-refractivity contribution in [1.82, 2.24) is 0 Å². The fourth-order valence-corrected chi connectivity index (χ4v) is 4.17. The SMILES string of the molecule is CCOC(=O)C#C[C@@]12CCC(c3ccccc3)(c3ccccc3)C[C@H]1O2. The van der Waals surface area contributed by atoms with E-state index in [0.29, 0.717) is 6.61 Å². The normalized spacial score (nSPS) is 25.3. The Morgan fingerprint density at radius 1 is 1.08 bits per heavy atom. The van der Waals surface area contributed by atoms with Gasteiger partial charge in [0.25, 0.3) is 0 Å². The van der Waals surface area contributed by atoms with Crippen LogP contribution in [-0.2, 0) is 19.7 Å². The van der Waals surface area contributed by atoms with E-state index >= 15 is 0 Å². The summed E-state index contributed by atoms with van der Waals surface area (Å²) in [4.78, 5) is 11.6. The van der Waals surface area contributed by atoms with Crippen LogP contribution in [0.2, 0.25) is 0 Å². The predicted molar refractivity (Wildman–Crippen MR) is 99.5 cm³/mol. The second kappa shape index (κ2) is 6.63. The molecule has 3 nitrogen and oxygen atoms in total. The number of hydrogen-bond donors (Lipinski definition) is 0. The van der Waals surface area contributed by atoms with E-state index in [1.54, 1.807) is 6.92 Å². The van der Waals surface area contributed by atoms with Gasteiger partial charge in [-0.05, 0) is 37.3 Å². The van der Waals surface area contributed by atoms with Crippen molar-refractivity contribution < 1.29 is 14.3 Å². The first kappa shape index (κ1) is 16.9. The van der Waals surface area contributed by atoms with E-state index in [1.807, 2.05) is 12.1 Å². The lowest BCUT2D eigenvalue weighted by Gasteiger charge is -2.38. The lowest BCUT2D eigenvalue weighted by molar-refractivity contribution is -0.136. The van der Waals surface area contributed by atoms with Crippen LogP contribution in [0.15, 0.2) is 60.7 Å². The molecule has 0 N–H and O–H groups in total. The van der Waals surface area contributed by atoms with Crippen molar-refractivity contribution in [2.75, 3.05) is 6.61 Å². The number of carbonyl (C=O) groups is 1. The van der Waals surface area contributed by atoms with Gasteiger partial charge in [-0.2, -0.15) is 0 Å². The van der Waals surface area contributed by atoms with Crippen LogP contribution in [0.5, 0.6) is 0 Å². The molecule has 2 atom stereocenters. The largest absolute Gasteiger partial charge is 0.456 e. The van der Waals surface area contributed by atoms with Crippen LogP contribution in [0.1, 0.15) is 37.3 Å². The second-order valence-corrected chi connectivity index (χ2v) is 6.98. The summed E-state index contributed by atoms with van der Waals surface area (Å²) in [6, 6.07) is 21.3. The van der Waals surface area contributed by atoms with Crippen molar-refractivity contribution in [2.45, 2.75) is 43.3 Å².